The summed E-state index contributed by atoms with van der Waals surface area (Å²) in [5, 5.41) is 24.0. The number of aromatic nitrogens is 5. The van der Waals surface area contributed by atoms with Crippen LogP contribution in [0.5, 0.6) is 0 Å². The van der Waals surface area contributed by atoms with E-state index in [0.29, 0.717) is 5.92 Å². The van der Waals surface area contributed by atoms with Gasteiger partial charge in [0.1, 0.15) is 0 Å². The van der Waals surface area contributed by atoms with E-state index in [1.54, 1.807) is 0 Å². The van der Waals surface area contributed by atoms with Crippen LogP contribution in [0.25, 0.3) is 5.57 Å². The molecule has 2 aromatic rings. The summed E-state index contributed by atoms with van der Waals surface area (Å²) in [7, 11) is 0. The number of tetrazole rings is 1. The molecule has 7 atom stereocenters. The van der Waals surface area contributed by atoms with Crippen molar-refractivity contribution < 1.29 is 5.11 Å². The first kappa shape index (κ1) is 21.5. The number of pyridine rings is 1. The second-order valence-electron chi connectivity index (χ2n) is 12.5. The summed E-state index contributed by atoms with van der Waals surface area (Å²) in [6.45, 7) is 12.4. The lowest BCUT2D eigenvalue weighted by Crippen LogP contribution is -2.64. The molecule has 3 heterocycles. The number of aliphatic hydroxyl groups excluding tert-OH is 1. The Hall–Kier alpha value is -2.08. The molecular formula is C27H37N5O. The van der Waals surface area contributed by atoms with Crippen molar-refractivity contribution in [3.8, 4) is 0 Å². The summed E-state index contributed by atoms with van der Waals surface area (Å²) in [6.07, 6.45) is 13.0. The fourth-order valence-corrected chi connectivity index (χ4v) is 9.11. The van der Waals surface area contributed by atoms with E-state index in [4.69, 9.17) is 0 Å². The maximum atomic E-state index is 10.8. The zero-order valence-electron chi connectivity index (χ0n) is 20.7. The van der Waals surface area contributed by atoms with Gasteiger partial charge in [-0.05, 0) is 101 Å². The zero-order chi connectivity index (χ0) is 23.3. The maximum absolute atomic E-state index is 10.8. The number of hydrogen-bond acceptors (Lipinski definition) is 5. The van der Waals surface area contributed by atoms with Crippen LogP contribution in [0.2, 0.25) is 0 Å². The average molecular weight is 448 g/mol. The van der Waals surface area contributed by atoms with Gasteiger partial charge in [-0.2, -0.15) is 0 Å². The van der Waals surface area contributed by atoms with Gasteiger partial charge < -0.3 is 5.11 Å². The highest BCUT2D eigenvalue weighted by Crippen LogP contribution is 2.76. The summed E-state index contributed by atoms with van der Waals surface area (Å²) in [4.78, 5) is 4.44. The molecule has 2 saturated carbocycles. The van der Waals surface area contributed by atoms with Gasteiger partial charge in [0.25, 0.3) is 0 Å². The van der Waals surface area contributed by atoms with E-state index in [-0.39, 0.29) is 33.3 Å². The summed E-state index contributed by atoms with van der Waals surface area (Å²) in [5.41, 5.74) is 2.73. The molecule has 6 rings (SSSR count). The normalized spacial score (nSPS) is 46.4. The Bertz CT molecular complexity index is 1130. The van der Waals surface area contributed by atoms with E-state index >= 15 is 0 Å². The smallest absolute Gasteiger partial charge is 0.152 e. The van der Waals surface area contributed by atoms with Crippen molar-refractivity contribution in [2.75, 3.05) is 0 Å². The van der Waals surface area contributed by atoms with Crippen LogP contribution in [0.1, 0.15) is 84.5 Å². The van der Waals surface area contributed by atoms with Crippen LogP contribution < -0.4 is 0 Å². The SMILES string of the molecule is C[C@]12CC[C@H](O)C[C@]1(C)n1nnnc1CC1[C@]2(C)CC[C@]2(C)C(c3cccnc3)=CC[C@@]12C. The molecule has 2 aromatic heterocycles. The van der Waals surface area contributed by atoms with Gasteiger partial charge in [0, 0.05) is 18.8 Å². The van der Waals surface area contributed by atoms with Crippen molar-refractivity contribution in [2.45, 2.75) is 91.2 Å². The highest BCUT2D eigenvalue weighted by atomic mass is 16.3. The summed E-state index contributed by atoms with van der Waals surface area (Å²) in [6, 6.07) is 4.28. The van der Waals surface area contributed by atoms with Crippen LogP contribution in [0.15, 0.2) is 30.6 Å². The van der Waals surface area contributed by atoms with Gasteiger partial charge in [0.2, 0.25) is 0 Å². The van der Waals surface area contributed by atoms with Crippen molar-refractivity contribution in [3.05, 3.63) is 42.0 Å². The van der Waals surface area contributed by atoms with Crippen LogP contribution in [-0.2, 0) is 12.0 Å². The Morgan fingerprint density at radius 2 is 1.88 bits per heavy atom. The molecule has 0 bridgehead atoms. The zero-order valence-corrected chi connectivity index (χ0v) is 20.7. The molecule has 0 radical (unpaired) electrons. The highest BCUT2D eigenvalue weighted by Gasteiger charge is 2.71. The third-order valence-corrected chi connectivity index (χ3v) is 11.7. The van der Waals surface area contributed by atoms with Crippen LogP contribution >= 0.6 is 0 Å². The van der Waals surface area contributed by atoms with Gasteiger partial charge in [0.15, 0.2) is 5.82 Å². The molecule has 0 saturated heterocycles. The first-order chi connectivity index (χ1) is 15.6. The van der Waals surface area contributed by atoms with E-state index in [9.17, 15) is 5.11 Å². The minimum absolute atomic E-state index is 0.00801. The number of aliphatic hydroxyl groups is 1. The van der Waals surface area contributed by atoms with Crippen molar-refractivity contribution >= 4 is 5.57 Å². The molecule has 0 spiro atoms. The molecule has 1 N–H and O–H groups in total. The largest absolute Gasteiger partial charge is 0.393 e. The van der Waals surface area contributed by atoms with E-state index in [2.05, 4.69) is 78.0 Å². The third kappa shape index (κ3) is 2.38. The molecular weight excluding hydrogens is 410 g/mol. The van der Waals surface area contributed by atoms with Gasteiger partial charge in [-0.1, -0.05) is 39.8 Å². The maximum Gasteiger partial charge on any atom is 0.152 e. The number of fused-ring (bicyclic) bond motifs is 7. The Morgan fingerprint density at radius 1 is 1.06 bits per heavy atom. The second-order valence-corrected chi connectivity index (χ2v) is 12.5. The Balaban J connectivity index is 1.52. The predicted molar refractivity (Wildman–Crippen MR) is 127 cm³/mol. The van der Waals surface area contributed by atoms with Crippen LogP contribution in [-0.4, -0.2) is 36.4 Å². The quantitative estimate of drug-likeness (QED) is 0.679. The third-order valence-electron chi connectivity index (χ3n) is 11.7. The van der Waals surface area contributed by atoms with Gasteiger partial charge in [0.05, 0.1) is 11.6 Å². The molecule has 4 aliphatic rings. The lowest BCUT2D eigenvalue weighted by atomic mass is 9.37. The van der Waals surface area contributed by atoms with Crippen molar-refractivity contribution in [2.24, 2.45) is 27.6 Å². The topological polar surface area (TPSA) is 76.7 Å². The monoisotopic (exact) mass is 447 g/mol. The summed E-state index contributed by atoms with van der Waals surface area (Å²) in [5.74, 6) is 1.44. The molecule has 1 unspecified atom stereocenters. The van der Waals surface area contributed by atoms with E-state index < -0.39 is 0 Å². The first-order valence-electron chi connectivity index (χ1n) is 12.7. The fourth-order valence-electron chi connectivity index (χ4n) is 9.11. The molecule has 33 heavy (non-hydrogen) atoms. The lowest BCUT2D eigenvalue weighted by Gasteiger charge is -2.67. The molecule has 6 heteroatoms. The minimum atomic E-state index is -0.296. The molecule has 1 aliphatic heterocycles. The molecule has 0 aromatic carbocycles. The van der Waals surface area contributed by atoms with E-state index in [1.807, 2.05) is 12.4 Å². The highest BCUT2D eigenvalue weighted by molar-refractivity contribution is 5.73. The summed E-state index contributed by atoms with van der Waals surface area (Å²) >= 11 is 0. The second kappa shape index (κ2) is 6.53. The Kier molecular flexibility index (Phi) is 4.24. The van der Waals surface area contributed by atoms with Gasteiger partial charge in [-0.3, -0.25) is 4.98 Å². The van der Waals surface area contributed by atoms with Crippen LogP contribution in [0.4, 0.5) is 0 Å². The number of nitrogens with zero attached hydrogens (tertiary/aromatic N) is 5. The standard InChI is InChI=1S/C27H37N5O/c1-23-12-13-25(3)21(24(23,2)10-9-20(23)18-7-6-14-28-17-18)15-22-29-30-31-32(22)27(5)16-19(33)8-11-26(25,27)4/h6-7,9,14,17,19,21,33H,8,10-13,15-16H2,1-5H3/t19-,21?,23+,24-,25-,26+,27-/m0/s1. The predicted octanol–water partition coefficient (Wildman–Crippen LogP) is 4.81. The Labute approximate surface area is 196 Å². The van der Waals surface area contributed by atoms with Gasteiger partial charge >= 0.3 is 0 Å². The van der Waals surface area contributed by atoms with Crippen LogP contribution in [0.3, 0.4) is 0 Å². The first-order valence-corrected chi connectivity index (χ1v) is 12.7. The lowest BCUT2D eigenvalue weighted by molar-refractivity contribution is -0.189. The van der Waals surface area contributed by atoms with Crippen LogP contribution in [0, 0.1) is 27.6 Å². The average Bonchev–Trinajstić information content (AvgIpc) is 3.36. The molecule has 2 fully saturated rings. The van der Waals surface area contributed by atoms with Crippen molar-refractivity contribution in [3.63, 3.8) is 0 Å². The van der Waals surface area contributed by atoms with Crippen molar-refractivity contribution in [1.29, 1.82) is 0 Å². The molecule has 0 amide bonds. The van der Waals surface area contributed by atoms with E-state index in [0.717, 1.165) is 37.9 Å². The molecule has 6 nitrogen and oxygen atoms in total. The number of allylic oxidation sites excluding steroid dienone is 2. The van der Waals surface area contributed by atoms with Gasteiger partial charge in [-0.25, -0.2) is 4.68 Å². The molecule has 176 valence electrons. The van der Waals surface area contributed by atoms with Crippen molar-refractivity contribution in [1.82, 2.24) is 25.2 Å². The fraction of sp³-hybridized carbons (Fsp3) is 0.704. The number of hydrogen-bond donors (Lipinski definition) is 1. The number of rotatable bonds is 1. The summed E-state index contributed by atoms with van der Waals surface area (Å²) < 4.78 is 2.12. The minimum Gasteiger partial charge on any atom is -0.393 e. The molecule has 3 aliphatic carbocycles. The Morgan fingerprint density at radius 3 is 2.64 bits per heavy atom. The van der Waals surface area contributed by atoms with Gasteiger partial charge in [-0.15, -0.1) is 5.10 Å². The van der Waals surface area contributed by atoms with E-state index in [1.165, 1.54) is 24.0 Å².